The number of aromatic amines is 2. The highest BCUT2D eigenvalue weighted by Gasteiger charge is 2.17. The van der Waals surface area contributed by atoms with E-state index in [4.69, 9.17) is 16.2 Å². The third-order valence-electron chi connectivity index (χ3n) is 2.39. The van der Waals surface area contributed by atoms with Crippen molar-refractivity contribution in [1.82, 2.24) is 20.4 Å². The summed E-state index contributed by atoms with van der Waals surface area (Å²) in [5, 5.41) is 12.2. The highest BCUT2D eigenvalue weighted by atomic mass is 79.9. The summed E-state index contributed by atoms with van der Waals surface area (Å²) in [4.78, 5) is 22.1. The van der Waals surface area contributed by atoms with Crippen molar-refractivity contribution in [2.24, 2.45) is 0 Å². The van der Waals surface area contributed by atoms with E-state index in [-0.39, 0.29) is 22.8 Å². The van der Waals surface area contributed by atoms with Crippen LogP contribution in [0.2, 0.25) is 0 Å². The Morgan fingerprint density at radius 1 is 1.17 bits per heavy atom. The van der Waals surface area contributed by atoms with Crippen molar-refractivity contribution in [3.8, 4) is 0 Å². The molecule has 0 aliphatic carbocycles. The zero-order valence-electron chi connectivity index (χ0n) is 12.6. The van der Waals surface area contributed by atoms with Crippen LogP contribution in [0, 0.1) is 0 Å². The van der Waals surface area contributed by atoms with E-state index in [9.17, 15) is 9.59 Å². The van der Waals surface area contributed by atoms with Crippen molar-refractivity contribution in [2.45, 2.75) is 13.8 Å². The fourth-order valence-electron chi connectivity index (χ4n) is 1.40. The molecule has 2 aromatic heterocycles. The van der Waals surface area contributed by atoms with Gasteiger partial charge in [0.25, 0.3) is 0 Å². The summed E-state index contributed by atoms with van der Waals surface area (Å²) in [7, 11) is 0. The molecular weight excluding hydrogens is 372 g/mol. The van der Waals surface area contributed by atoms with Crippen LogP contribution in [0.1, 0.15) is 34.6 Å². The number of esters is 2. The minimum absolute atomic E-state index is 0.139. The van der Waals surface area contributed by atoms with Crippen molar-refractivity contribution in [2.75, 3.05) is 24.7 Å². The lowest BCUT2D eigenvalue weighted by atomic mass is 10.3. The lowest BCUT2D eigenvalue weighted by Crippen LogP contribution is -2.06. The quantitative estimate of drug-likeness (QED) is 0.565. The molecule has 2 rings (SSSR count). The third kappa shape index (κ3) is 4.98. The number of hydrogen-bond acceptors (Lipinski definition) is 8. The molecule has 0 saturated heterocycles. The van der Waals surface area contributed by atoms with Crippen LogP contribution in [-0.4, -0.2) is 45.5 Å². The van der Waals surface area contributed by atoms with Gasteiger partial charge in [0, 0.05) is 0 Å². The van der Waals surface area contributed by atoms with Gasteiger partial charge in [-0.3, -0.25) is 10.2 Å². The number of nitrogens with two attached hydrogens (primary N) is 2. The normalized spacial score (nSPS) is 9.70. The van der Waals surface area contributed by atoms with Gasteiger partial charge in [0.1, 0.15) is 21.5 Å². The molecule has 2 heterocycles. The smallest absolute Gasteiger partial charge is 0.344 e. The molecule has 11 heteroatoms. The number of rotatable bonds is 4. The molecule has 0 amide bonds. The first-order valence-corrected chi connectivity index (χ1v) is 7.34. The number of halogens is 1. The van der Waals surface area contributed by atoms with E-state index < -0.39 is 11.9 Å². The predicted octanol–water partition coefficient (Wildman–Crippen LogP) is 1.10. The van der Waals surface area contributed by atoms with Crippen LogP contribution >= 0.6 is 15.9 Å². The van der Waals surface area contributed by atoms with Gasteiger partial charge in [0.15, 0.2) is 5.82 Å². The Labute approximate surface area is 140 Å². The van der Waals surface area contributed by atoms with Crippen LogP contribution in [0.4, 0.5) is 11.6 Å². The van der Waals surface area contributed by atoms with Gasteiger partial charge in [-0.1, -0.05) is 0 Å². The molecule has 0 saturated carbocycles. The van der Waals surface area contributed by atoms with E-state index in [0.29, 0.717) is 17.8 Å². The molecule has 0 spiro atoms. The summed E-state index contributed by atoms with van der Waals surface area (Å²) in [5.74, 6) is -0.543. The average molecular weight is 389 g/mol. The van der Waals surface area contributed by atoms with Crippen LogP contribution < -0.4 is 11.5 Å². The Morgan fingerprint density at radius 2 is 1.78 bits per heavy atom. The van der Waals surface area contributed by atoms with Crippen molar-refractivity contribution in [3.63, 3.8) is 0 Å². The summed E-state index contributed by atoms with van der Waals surface area (Å²) in [6.45, 7) is 4.11. The van der Waals surface area contributed by atoms with Crippen molar-refractivity contribution < 1.29 is 19.1 Å². The number of H-pyrrole nitrogens is 2. The minimum atomic E-state index is -0.476. The largest absolute Gasteiger partial charge is 0.462 e. The Kier molecular flexibility index (Phi) is 7.06. The zero-order chi connectivity index (χ0) is 17.4. The number of ether oxygens (including phenoxy) is 2. The number of hydrogen-bond donors (Lipinski definition) is 4. The zero-order valence-corrected chi connectivity index (χ0v) is 14.1. The van der Waals surface area contributed by atoms with Gasteiger partial charge >= 0.3 is 11.9 Å². The Hall–Kier alpha value is -2.56. The molecule has 0 aliphatic rings. The van der Waals surface area contributed by atoms with E-state index in [1.807, 2.05) is 0 Å². The number of nitrogens with zero attached hydrogens (tertiary/aromatic N) is 2. The van der Waals surface area contributed by atoms with Crippen LogP contribution in [0.25, 0.3) is 0 Å². The van der Waals surface area contributed by atoms with Gasteiger partial charge in [0.05, 0.1) is 19.4 Å². The number of carbonyl (C=O) groups is 2. The van der Waals surface area contributed by atoms with E-state index in [2.05, 4.69) is 41.1 Å². The van der Waals surface area contributed by atoms with Gasteiger partial charge in [-0.2, -0.15) is 10.2 Å². The van der Waals surface area contributed by atoms with Crippen molar-refractivity contribution in [1.29, 1.82) is 0 Å². The van der Waals surface area contributed by atoms with Gasteiger partial charge in [-0.05, 0) is 29.8 Å². The highest BCUT2D eigenvalue weighted by molar-refractivity contribution is 9.10. The van der Waals surface area contributed by atoms with Gasteiger partial charge < -0.3 is 20.9 Å². The third-order valence-corrected chi connectivity index (χ3v) is 2.97. The predicted molar refractivity (Wildman–Crippen MR) is 85.6 cm³/mol. The second kappa shape index (κ2) is 8.78. The van der Waals surface area contributed by atoms with E-state index in [0.717, 1.165) is 0 Å². The fourth-order valence-corrected chi connectivity index (χ4v) is 1.85. The van der Waals surface area contributed by atoms with E-state index in [1.165, 1.54) is 6.20 Å². The van der Waals surface area contributed by atoms with E-state index in [1.54, 1.807) is 13.8 Å². The van der Waals surface area contributed by atoms with Gasteiger partial charge in [-0.25, -0.2) is 9.59 Å². The minimum Gasteiger partial charge on any atom is -0.462 e. The second-order valence-corrected chi connectivity index (χ2v) is 4.73. The van der Waals surface area contributed by atoms with Crippen LogP contribution in [0.3, 0.4) is 0 Å². The average Bonchev–Trinajstić information content (AvgIpc) is 3.06. The topological polar surface area (TPSA) is 162 Å². The maximum atomic E-state index is 11.2. The summed E-state index contributed by atoms with van der Waals surface area (Å²) < 4.78 is 9.87. The summed E-state index contributed by atoms with van der Waals surface area (Å²) in [6, 6.07) is 0. The molecule has 23 heavy (non-hydrogen) atoms. The number of nitrogens with one attached hydrogen (secondary N) is 2. The molecule has 0 aromatic carbocycles. The number of nitrogen functional groups attached to an aromatic ring is 2. The molecule has 0 radical (unpaired) electrons. The van der Waals surface area contributed by atoms with Gasteiger partial charge in [-0.15, -0.1) is 0 Å². The maximum Gasteiger partial charge on any atom is 0.344 e. The molecule has 6 N–H and O–H groups in total. The monoisotopic (exact) mass is 388 g/mol. The number of anilines is 2. The second-order valence-electron chi connectivity index (χ2n) is 3.94. The van der Waals surface area contributed by atoms with Crippen molar-refractivity contribution >= 4 is 39.5 Å². The highest BCUT2D eigenvalue weighted by Crippen LogP contribution is 2.19. The molecule has 10 nitrogen and oxygen atoms in total. The van der Waals surface area contributed by atoms with Gasteiger partial charge in [0.2, 0.25) is 0 Å². The van der Waals surface area contributed by atoms with Crippen molar-refractivity contribution in [3.05, 3.63) is 21.9 Å². The van der Waals surface area contributed by atoms with Crippen LogP contribution in [0.15, 0.2) is 10.8 Å². The van der Waals surface area contributed by atoms with Crippen LogP contribution in [0.5, 0.6) is 0 Å². The fraction of sp³-hybridized carbons (Fsp3) is 0.333. The molecule has 0 bridgehead atoms. The molecule has 126 valence electrons. The number of aromatic nitrogens is 4. The Bertz CT molecular complexity index is 649. The molecule has 0 atom stereocenters. The number of carbonyl (C=O) groups excluding carboxylic acids is 2. The molecule has 0 unspecified atom stereocenters. The first kappa shape index (κ1) is 18.5. The summed E-state index contributed by atoms with van der Waals surface area (Å²) in [6.07, 6.45) is 1.34. The lowest BCUT2D eigenvalue weighted by Gasteiger charge is -1.98. The lowest BCUT2D eigenvalue weighted by molar-refractivity contribution is 0.0517. The first-order chi connectivity index (χ1) is 10.9. The SMILES string of the molecule is CCOC(=O)c1c(N)n[nH]c1Br.CCOC(=O)c1cn[nH]c1N. The first-order valence-electron chi connectivity index (χ1n) is 6.54. The molecular formula is C12H17BrN6O4. The summed E-state index contributed by atoms with van der Waals surface area (Å²) >= 11 is 3.09. The standard InChI is InChI=1S/C6H8BrN3O2.C6H9N3O2/c1-2-12-6(11)3-4(7)9-10-5(3)8;1-2-11-6(10)4-3-8-9-5(4)7/h2H2,1H3,(H3,8,9,10);3H,2H2,1H3,(H3,7,8,9). The molecule has 0 aliphatic heterocycles. The maximum absolute atomic E-state index is 11.2. The molecule has 0 fully saturated rings. The van der Waals surface area contributed by atoms with Crippen LogP contribution in [-0.2, 0) is 9.47 Å². The Balaban J connectivity index is 0.000000231. The Morgan fingerprint density at radius 3 is 2.22 bits per heavy atom. The van der Waals surface area contributed by atoms with E-state index >= 15 is 0 Å². The summed E-state index contributed by atoms with van der Waals surface area (Å²) in [5.41, 5.74) is 11.3. The molecule has 2 aromatic rings.